The summed E-state index contributed by atoms with van der Waals surface area (Å²) in [6.07, 6.45) is 1.66. The molecule has 0 atom stereocenters. The summed E-state index contributed by atoms with van der Waals surface area (Å²) < 4.78 is 16.5. The molecule has 7 heteroatoms. The zero-order valence-electron chi connectivity index (χ0n) is 17.3. The average Bonchev–Trinajstić information content (AvgIpc) is 3.21. The van der Waals surface area contributed by atoms with Crippen LogP contribution in [0, 0.1) is 0 Å². The summed E-state index contributed by atoms with van der Waals surface area (Å²) >= 11 is 0. The van der Waals surface area contributed by atoms with Gasteiger partial charge in [-0.3, -0.25) is 9.89 Å². The Morgan fingerprint density at radius 1 is 1.03 bits per heavy atom. The molecule has 1 aliphatic rings. The number of rotatable bonds is 5. The van der Waals surface area contributed by atoms with E-state index < -0.39 is 5.60 Å². The lowest BCUT2D eigenvalue weighted by atomic mass is 9.87. The molecule has 2 heterocycles. The molecule has 4 rings (SSSR count). The number of methoxy groups -OCH3 is 2. The third-order valence-electron chi connectivity index (χ3n) is 5.04. The molecule has 2 N–H and O–H groups in total. The van der Waals surface area contributed by atoms with E-state index in [1.54, 1.807) is 38.6 Å². The number of hydrogen-bond donors (Lipinski definition) is 2. The van der Waals surface area contributed by atoms with Crippen LogP contribution < -0.4 is 19.5 Å². The van der Waals surface area contributed by atoms with Gasteiger partial charge in [0.25, 0.3) is 0 Å². The van der Waals surface area contributed by atoms with Gasteiger partial charge >= 0.3 is 0 Å². The van der Waals surface area contributed by atoms with Crippen molar-refractivity contribution in [3.05, 3.63) is 65.9 Å². The number of ketones is 1. The normalized spacial score (nSPS) is 16.0. The smallest absolute Gasteiger partial charge is 0.198 e. The summed E-state index contributed by atoms with van der Waals surface area (Å²) in [5.41, 5.74) is 2.03. The summed E-state index contributed by atoms with van der Waals surface area (Å²) in [5.74, 6) is 2.45. The number of hydrogen-bond acceptors (Lipinski definition) is 6. The first kappa shape index (κ1) is 19.6. The Balaban J connectivity index is 1.57. The fourth-order valence-electron chi connectivity index (χ4n) is 3.35. The Labute approximate surface area is 174 Å². The maximum atomic E-state index is 13.1. The number of Topliss-reactive ketones (excluding diaryl/α,β-unsaturated/α-hetero) is 1. The van der Waals surface area contributed by atoms with Crippen LogP contribution >= 0.6 is 0 Å². The summed E-state index contributed by atoms with van der Waals surface area (Å²) in [6.45, 7) is 3.71. The maximum Gasteiger partial charge on any atom is 0.198 e. The largest absolute Gasteiger partial charge is 0.497 e. The third-order valence-corrected chi connectivity index (χ3v) is 5.04. The summed E-state index contributed by atoms with van der Waals surface area (Å²) in [4.78, 5) is 13.1. The molecule has 0 bridgehead atoms. The van der Waals surface area contributed by atoms with E-state index in [2.05, 4.69) is 15.5 Å². The molecule has 0 spiro atoms. The first-order valence-electron chi connectivity index (χ1n) is 9.50. The van der Waals surface area contributed by atoms with E-state index in [1.165, 1.54) is 0 Å². The maximum absolute atomic E-state index is 13.1. The van der Waals surface area contributed by atoms with Crippen molar-refractivity contribution in [2.75, 3.05) is 19.5 Å². The number of ether oxygens (including phenoxy) is 3. The lowest BCUT2D eigenvalue weighted by Crippen LogP contribution is -2.39. The number of nitrogens with zero attached hydrogens (tertiary/aromatic N) is 1. The van der Waals surface area contributed by atoms with E-state index in [1.807, 2.05) is 44.2 Å². The highest BCUT2D eigenvalue weighted by Gasteiger charge is 2.38. The van der Waals surface area contributed by atoms with Crippen molar-refractivity contribution >= 4 is 11.6 Å². The van der Waals surface area contributed by atoms with E-state index in [9.17, 15) is 4.79 Å². The van der Waals surface area contributed by atoms with Gasteiger partial charge in [0.05, 0.1) is 31.1 Å². The predicted molar refractivity (Wildman–Crippen MR) is 114 cm³/mol. The molecule has 0 saturated carbocycles. The molecule has 0 aliphatic carbocycles. The Hall–Kier alpha value is -3.74. The molecule has 0 radical (unpaired) electrons. The van der Waals surface area contributed by atoms with Crippen LogP contribution in [-0.2, 0) is 0 Å². The van der Waals surface area contributed by atoms with Crippen molar-refractivity contribution < 1.29 is 19.0 Å². The zero-order chi connectivity index (χ0) is 21.3. The Bertz CT molecular complexity index is 1110. The standard InChI is InChI=1S/C23H23N3O4/c1-23(2)18(22(27)17-10-9-16(29-4)11-20(17)30-23)13-24-21-12-19(25-26-21)14-5-7-15(28-3)8-6-14/h5-13H,1-4H3,(H2,24,25,26)/b18-13-. The van der Waals surface area contributed by atoms with Gasteiger partial charge in [-0.05, 0) is 55.8 Å². The van der Waals surface area contributed by atoms with Gasteiger partial charge in [-0.1, -0.05) is 0 Å². The van der Waals surface area contributed by atoms with Crippen molar-refractivity contribution in [1.82, 2.24) is 10.2 Å². The summed E-state index contributed by atoms with van der Waals surface area (Å²) in [5, 5.41) is 10.4. The third kappa shape index (κ3) is 3.61. The highest BCUT2D eigenvalue weighted by Crippen LogP contribution is 2.38. The monoisotopic (exact) mass is 405 g/mol. The van der Waals surface area contributed by atoms with Gasteiger partial charge in [0.1, 0.15) is 22.8 Å². The van der Waals surface area contributed by atoms with Gasteiger partial charge in [0.15, 0.2) is 11.6 Å². The lowest BCUT2D eigenvalue weighted by molar-refractivity contribution is 0.0855. The van der Waals surface area contributed by atoms with E-state index in [4.69, 9.17) is 14.2 Å². The van der Waals surface area contributed by atoms with E-state index in [-0.39, 0.29) is 5.78 Å². The van der Waals surface area contributed by atoms with Crippen LogP contribution in [0.5, 0.6) is 17.2 Å². The highest BCUT2D eigenvalue weighted by molar-refractivity contribution is 6.13. The van der Waals surface area contributed by atoms with Crippen molar-refractivity contribution in [1.29, 1.82) is 0 Å². The molecule has 7 nitrogen and oxygen atoms in total. The van der Waals surface area contributed by atoms with Crippen molar-refractivity contribution in [2.45, 2.75) is 19.4 Å². The fourth-order valence-corrected chi connectivity index (χ4v) is 3.35. The molecule has 1 aromatic heterocycles. The number of H-pyrrole nitrogens is 1. The molecule has 0 amide bonds. The van der Waals surface area contributed by atoms with Crippen molar-refractivity contribution in [3.8, 4) is 28.5 Å². The molecule has 0 saturated heterocycles. The summed E-state index contributed by atoms with van der Waals surface area (Å²) in [6, 6.07) is 14.7. The van der Waals surface area contributed by atoms with Crippen LogP contribution in [0.1, 0.15) is 24.2 Å². The minimum absolute atomic E-state index is 0.0951. The van der Waals surface area contributed by atoms with Crippen LogP contribution in [0.2, 0.25) is 0 Å². The molecule has 1 aliphatic heterocycles. The first-order valence-corrected chi connectivity index (χ1v) is 9.50. The van der Waals surface area contributed by atoms with Gasteiger partial charge in [0, 0.05) is 18.3 Å². The minimum atomic E-state index is -0.807. The van der Waals surface area contributed by atoms with Gasteiger partial charge < -0.3 is 19.5 Å². The topological polar surface area (TPSA) is 85.5 Å². The van der Waals surface area contributed by atoms with Crippen LogP contribution in [-0.4, -0.2) is 35.8 Å². The molecular formula is C23H23N3O4. The molecule has 30 heavy (non-hydrogen) atoms. The van der Waals surface area contributed by atoms with Crippen molar-refractivity contribution in [3.63, 3.8) is 0 Å². The van der Waals surface area contributed by atoms with Gasteiger partial charge in [-0.15, -0.1) is 0 Å². The number of nitrogens with one attached hydrogen (secondary N) is 2. The molecule has 154 valence electrons. The quantitative estimate of drug-likeness (QED) is 0.610. The molecule has 0 fully saturated rings. The van der Waals surface area contributed by atoms with E-state index in [0.29, 0.717) is 28.5 Å². The minimum Gasteiger partial charge on any atom is -0.497 e. The predicted octanol–water partition coefficient (Wildman–Crippen LogP) is 4.44. The fraction of sp³-hybridized carbons (Fsp3) is 0.217. The number of benzene rings is 2. The van der Waals surface area contributed by atoms with E-state index in [0.717, 1.165) is 17.0 Å². The van der Waals surface area contributed by atoms with Crippen LogP contribution in [0.15, 0.2) is 60.3 Å². The summed E-state index contributed by atoms with van der Waals surface area (Å²) in [7, 11) is 3.21. The highest BCUT2D eigenvalue weighted by atomic mass is 16.5. The average molecular weight is 405 g/mol. The second-order valence-electron chi connectivity index (χ2n) is 7.40. The Morgan fingerprint density at radius 2 is 1.73 bits per heavy atom. The molecule has 2 aromatic carbocycles. The number of aromatic amines is 1. The Morgan fingerprint density at radius 3 is 2.43 bits per heavy atom. The number of aromatic nitrogens is 2. The Kier molecular flexibility index (Phi) is 4.95. The molecular weight excluding hydrogens is 382 g/mol. The van der Waals surface area contributed by atoms with Gasteiger partial charge in [-0.25, -0.2) is 0 Å². The first-order chi connectivity index (χ1) is 14.4. The second-order valence-corrected chi connectivity index (χ2v) is 7.40. The second kappa shape index (κ2) is 7.59. The lowest BCUT2D eigenvalue weighted by Gasteiger charge is -2.34. The SMILES string of the molecule is COc1ccc(-c2cc(N/C=C3/C(=O)c4ccc(OC)cc4OC3(C)C)n[nH]2)cc1. The van der Waals surface area contributed by atoms with Crippen molar-refractivity contribution in [2.24, 2.45) is 0 Å². The molecule has 3 aromatic rings. The number of anilines is 1. The number of carbonyl (C=O) groups is 1. The van der Waals surface area contributed by atoms with Gasteiger partial charge in [-0.2, -0.15) is 5.10 Å². The zero-order valence-corrected chi connectivity index (χ0v) is 17.3. The van der Waals surface area contributed by atoms with Crippen LogP contribution in [0.25, 0.3) is 11.3 Å². The van der Waals surface area contributed by atoms with Crippen LogP contribution in [0.4, 0.5) is 5.82 Å². The van der Waals surface area contributed by atoms with E-state index >= 15 is 0 Å². The number of carbonyl (C=O) groups excluding carboxylic acids is 1. The number of fused-ring (bicyclic) bond motifs is 1. The van der Waals surface area contributed by atoms with Gasteiger partial charge in [0.2, 0.25) is 0 Å². The molecule has 0 unspecified atom stereocenters. The van der Waals surface area contributed by atoms with Crippen LogP contribution in [0.3, 0.4) is 0 Å².